The zero-order valence-corrected chi connectivity index (χ0v) is 7.23. The van der Waals surface area contributed by atoms with E-state index in [1.807, 2.05) is 11.3 Å². The van der Waals surface area contributed by atoms with Gasteiger partial charge >= 0.3 is 0 Å². The van der Waals surface area contributed by atoms with Crippen LogP contribution in [0.3, 0.4) is 0 Å². The Morgan fingerprint density at radius 3 is 3.20 bits per heavy atom. The number of anilines is 1. The van der Waals surface area contributed by atoms with E-state index < -0.39 is 0 Å². The third-order valence-corrected chi connectivity index (χ3v) is 2.57. The number of rotatable bonds is 0. The first kappa shape index (κ1) is 7.89. The van der Waals surface area contributed by atoms with Crippen LogP contribution in [0.15, 0.2) is 11.4 Å². The van der Waals surface area contributed by atoms with Crippen LogP contribution < -0.4 is 5.32 Å². The van der Waals surface area contributed by atoms with E-state index in [0.29, 0.717) is 0 Å². The Balaban J connectivity index is 0.000000500. The van der Waals surface area contributed by atoms with Crippen molar-refractivity contribution in [3.63, 3.8) is 0 Å². The van der Waals surface area contributed by atoms with E-state index >= 15 is 0 Å². The lowest BCUT2D eigenvalue weighted by atomic mass is 10.1. The second-order valence-electron chi connectivity index (χ2n) is 2.31. The molecule has 0 atom stereocenters. The van der Waals surface area contributed by atoms with E-state index in [1.54, 1.807) is 0 Å². The molecule has 1 aliphatic heterocycles. The van der Waals surface area contributed by atoms with E-state index in [-0.39, 0.29) is 12.4 Å². The third kappa shape index (κ3) is 1.27. The fourth-order valence-corrected chi connectivity index (χ4v) is 2.04. The summed E-state index contributed by atoms with van der Waals surface area (Å²) in [6, 6.07) is 2.21. The van der Waals surface area contributed by atoms with Crippen molar-refractivity contribution in [2.75, 3.05) is 11.9 Å². The van der Waals surface area contributed by atoms with E-state index in [0.717, 1.165) is 6.54 Å². The standard InChI is InChI=1S/C7H9NS.ClH/c1-2-6-3-5-9-7(6)8-4-1;/h3,5,8H,1-2,4H2;1H. The maximum Gasteiger partial charge on any atom is 0.0915 e. The van der Waals surface area contributed by atoms with Crippen LogP contribution in [0.4, 0.5) is 5.00 Å². The SMILES string of the molecule is Cl.c1cc2c(s1)NCCC2. The summed E-state index contributed by atoms with van der Waals surface area (Å²) in [5, 5.41) is 6.91. The van der Waals surface area contributed by atoms with Gasteiger partial charge in [0.2, 0.25) is 0 Å². The van der Waals surface area contributed by atoms with E-state index in [2.05, 4.69) is 16.8 Å². The molecular formula is C7H10ClNS. The van der Waals surface area contributed by atoms with Gasteiger partial charge in [-0.2, -0.15) is 0 Å². The Hall–Kier alpha value is -0.210. The van der Waals surface area contributed by atoms with Crippen LogP contribution in [0.25, 0.3) is 0 Å². The number of thiophene rings is 1. The normalized spacial score (nSPS) is 14.8. The molecule has 0 unspecified atom stereocenters. The molecule has 2 rings (SSSR count). The molecule has 0 spiro atoms. The Kier molecular flexibility index (Phi) is 2.57. The first-order chi connectivity index (χ1) is 4.47. The number of halogens is 1. The number of hydrogen-bond donors (Lipinski definition) is 1. The van der Waals surface area contributed by atoms with Crippen molar-refractivity contribution in [3.8, 4) is 0 Å². The minimum atomic E-state index is 0. The van der Waals surface area contributed by atoms with Gasteiger partial charge in [0.05, 0.1) is 5.00 Å². The summed E-state index contributed by atoms with van der Waals surface area (Å²) in [6.07, 6.45) is 2.57. The highest BCUT2D eigenvalue weighted by molar-refractivity contribution is 7.14. The Bertz CT molecular complexity index is 189. The molecule has 1 aliphatic rings. The van der Waals surface area contributed by atoms with E-state index in [9.17, 15) is 0 Å². The lowest BCUT2D eigenvalue weighted by Crippen LogP contribution is -2.08. The zero-order valence-electron chi connectivity index (χ0n) is 5.59. The molecule has 1 aromatic heterocycles. The highest BCUT2D eigenvalue weighted by Gasteiger charge is 2.07. The second-order valence-corrected chi connectivity index (χ2v) is 3.22. The lowest BCUT2D eigenvalue weighted by molar-refractivity contribution is 0.838. The van der Waals surface area contributed by atoms with Gasteiger partial charge in [0.1, 0.15) is 0 Å². The molecule has 0 radical (unpaired) electrons. The van der Waals surface area contributed by atoms with Crippen LogP contribution in [-0.2, 0) is 6.42 Å². The molecule has 56 valence electrons. The van der Waals surface area contributed by atoms with Crippen molar-refractivity contribution >= 4 is 28.7 Å². The molecule has 0 aromatic carbocycles. The van der Waals surface area contributed by atoms with Crippen molar-refractivity contribution in [2.24, 2.45) is 0 Å². The fourth-order valence-electron chi connectivity index (χ4n) is 1.17. The van der Waals surface area contributed by atoms with Crippen molar-refractivity contribution < 1.29 is 0 Å². The van der Waals surface area contributed by atoms with E-state index in [4.69, 9.17) is 0 Å². The molecule has 0 fully saturated rings. The van der Waals surface area contributed by atoms with Gasteiger partial charge in [0.25, 0.3) is 0 Å². The monoisotopic (exact) mass is 175 g/mol. The topological polar surface area (TPSA) is 12.0 Å². The smallest absolute Gasteiger partial charge is 0.0915 e. The van der Waals surface area contributed by atoms with Gasteiger partial charge in [-0.05, 0) is 29.9 Å². The van der Waals surface area contributed by atoms with Gasteiger partial charge in [-0.15, -0.1) is 23.7 Å². The van der Waals surface area contributed by atoms with Crippen LogP contribution in [-0.4, -0.2) is 6.54 Å². The maximum absolute atomic E-state index is 3.36. The molecule has 0 amide bonds. The molecule has 0 bridgehead atoms. The molecule has 1 N–H and O–H groups in total. The first-order valence-corrected chi connectivity index (χ1v) is 4.15. The van der Waals surface area contributed by atoms with Gasteiger partial charge in [0.15, 0.2) is 0 Å². The number of hydrogen-bond acceptors (Lipinski definition) is 2. The van der Waals surface area contributed by atoms with Gasteiger partial charge < -0.3 is 5.32 Å². The summed E-state index contributed by atoms with van der Waals surface area (Å²) in [7, 11) is 0. The molecule has 0 aliphatic carbocycles. The Morgan fingerprint density at radius 2 is 2.40 bits per heavy atom. The van der Waals surface area contributed by atoms with Crippen LogP contribution in [0.2, 0.25) is 0 Å². The van der Waals surface area contributed by atoms with Crippen LogP contribution in [0, 0.1) is 0 Å². The van der Waals surface area contributed by atoms with Crippen LogP contribution >= 0.6 is 23.7 Å². The predicted octanol–water partition coefficient (Wildman–Crippen LogP) is 2.53. The molecule has 1 nitrogen and oxygen atoms in total. The molecule has 2 heterocycles. The molecule has 0 saturated heterocycles. The number of fused-ring (bicyclic) bond motifs is 1. The second kappa shape index (κ2) is 3.26. The van der Waals surface area contributed by atoms with Gasteiger partial charge in [-0.1, -0.05) is 0 Å². The molecule has 3 heteroatoms. The fraction of sp³-hybridized carbons (Fsp3) is 0.429. The third-order valence-electron chi connectivity index (χ3n) is 1.66. The van der Waals surface area contributed by atoms with Crippen molar-refractivity contribution in [1.82, 2.24) is 0 Å². The van der Waals surface area contributed by atoms with Gasteiger partial charge in [0, 0.05) is 6.54 Å². The summed E-state index contributed by atoms with van der Waals surface area (Å²) >= 11 is 1.81. The van der Waals surface area contributed by atoms with Gasteiger partial charge in [-0.3, -0.25) is 0 Å². The summed E-state index contributed by atoms with van der Waals surface area (Å²) < 4.78 is 0. The maximum atomic E-state index is 3.36. The van der Waals surface area contributed by atoms with Crippen molar-refractivity contribution in [2.45, 2.75) is 12.8 Å². The predicted molar refractivity (Wildman–Crippen MR) is 48.4 cm³/mol. The molecule has 1 aromatic rings. The Labute approximate surface area is 70.9 Å². The van der Waals surface area contributed by atoms with Gasteiger partial charge in [-0.25, -0.2) is 0 Å². The molecule has 10 heavy (non-hydrogen) atoms. The first-order valence-electron chi connectivity index (χ1n) is 3.27. The summed E-state index contributed by atoms with van der Waals surface area (Å²) in [5.74, 6) is 0. The Morgan fingerprint density at radius 1 is 1.50 bits per heavy atom. The quantitative estimate of drug-likeness (QED) is 0.639. The average molecular weight is 176 g/mol. The highest BCUT2D eigenvalue weighted by atomic mass is 35.5. The molecular weight excluding hydrogens is 166 g/mol. The number of nitrogens with one attached hydrogen (secondary N) is 1. The lowest BCUT2D eigenvalue weighted by Gasteiger charge is -2.11. The summed E-state index contributed by atoms with van der Waals surface area (Å²) in [6.45, 7) is 1.16. The highest BCUT2D eigenvalue weighted by Crippen LogP contribution is 2.26. The average Bonchev–Trinajstić information content (AvgIpc) is 2.33. The van der Waals surface area contributed by atoms with E-state index in [1.165, 1.54) is 23.4 Å². The summed E-state index contributed by atoms with van der Waals surface area (Å²) in [5.41, 5.74) is 1.51. The summed E-state index contributed by atoms with van der Waals surface area (Å²) in [4.78, 5) is 0. The molecule has 0 saturated carbocycles. The minimum Gasteiger partial charge on any atom is -0.377 e. The van der Waals surface area contributed by atoms with Crippen LogP contribution in [0.5, 0.6) is 0 Å². The minimum absolute atomic E-state index is 0. The zero-order chi connectivity index (χ0) is 6.10. The van der Waals surface area contributed by atoms with Crippen LogP contribution in [0.1, 0.15) is 12.0 Å². The van der Waals surface area contributed by atoms with Crippen molar-refractivity contribution in [1.29, 1.82) is 0 Å². The number of aryl methyl sites for hydroxylation is 1. The van der Waals surface area contributed by atoms with Crippen molar-refractivity contribution in [3.05, 3.63) is 17.0 Å². The largest absolute Gasteiger partial charge is 0.377 e.